The maximum Gasteiger partial charge on any atom is 0.298 e. The molecule has 3 N–H and O–H groups in total. The van der Waals surface area contributed by atoms with Crippen molar-refractivity contribution >= 4 is 28.5 Å². The van der Waals surface area contributed by atoms with E-state index in [-0.39, 0.29) is 25.7 Å². The third kappa shape index (κ3) is 3.71. The molecule has 2 aliphatic heterocycles. The summed E-state index contributed by atoms with van der Waals surface area (Å²) in [5.74, 6) is 0.299. The highest BCUT2D eigenvalue weighted by atomic mass is 32.1. The Morgan fingerprint density at radius 1 is 1.24 bits per heavy atom. The smallest absolute Gasteiger partial charge is 0.298 e. The van der Waals surface area contributed by atoms with Gasteiger partial charge in [-0.2, -0.15) is 4.98 Å². The van der Waals surface area contributed by atoms with Gasteiger partial charge in [0, 0.05) is 48.7 Å². The van der Waals surface area contributed by atoms with Crippen molar-refractivity contribution in [3.05, 3.63) is 23.7 Å². The van der Waals surface area contributed by atoms with E-state index in [1.54, 1.807) is 6.20 Å². The highest BCUT2D eigenvalue weighted by Gasteiger charge is 2.34. The zero-order valence-electron chi connectivity index (χ0n) is 16.0. The van der Waals surface area contributed by atoms with Gasteiger partial charge in [0.1, 0.15) is 16.3 Å². The lowest BCUT2D eigenvalue weighted by Gasteiger charge is -2.31. The molecule has 2 aliphatic rings. The Morgan fingerprint density at radius 2 is 2.03 bits per heavy atom. The minimum Gasteiger partial charge on any atom is -0.493 e. The van der Waals surface area contributed by atoms with Gasteiger partial charge in [-0.15, -0.1) is 11.3 Å². The van der Waals surface area contributed by atoms with Gasteiger partial charge in [-0.3, -0.25) is 0 Å². The SMILES string of the molecule is OCC(CO)COc1cc(-c2nccs2)c2oc(N3CC4CCC(C3)N4)nc2c1. The fourth-order valence-electron chi connectivity index (χ4n) is 4.06. The van der Waals surface area contributed by atoms with Gasteiger partial charge in [-0.05, 0) is 18.9 Å². The van der Waals surface area contributed by atoms with Crippen LogP contribution in [-0.4, -0.2) is 65.2 Å². The number of ether oxygens (including phenoxy) is 1. The number of rotatable bonds is 7. The number of thiazole rings is 1. The Bertz CT molecular complexity index is 960. The highest BCUT2D eigenvalue weighted by Crippen LogP contribution is 2.37. The van der Waals surface area contributed by atoms with E-state index in [0.717, 1.165) is 29.2 Å². The number of anilines is 1. The summed E-state index contributed by atoms with van der Waals surface area (Å²) in [5.41, 5.74) is 2.26. The van der Waals surface area contributed by atoms with Gasteiger partial charge in [0.2, 0.25) is 0 Å². The van der Waals surface area contributed by atoms with E-state index >= 15 is 0 Å². The number of nitrogens with one attached hydrogen (secondary N) is 1. The van der Waals surface area contributed by atoms with Crippen molar-refractivity contribution in [1.29, 1.82) is 0 Å². The lowest BCUT2D eigenvalue weighted by atomic mass is 10.2. The molecule has 2 saturated heterocycles. The van der Waals surface area contributed by atoms with Crippen LogP contribution in [0.1, 0.15) is 12.8 Å². The molecular weight excluding hydrogens is 392 g/mol. The second kappa shape index (κ2) is 7.91. The number of aromatic nitrogens is 2. The van der Waals surface area contributed by atoms with Crippen LogP contribution in [0.5, 0.6) is 5.75 Å². The van der Waals surface area contributed by atoms with Crippen LogP contribution in [0.15, 0.2) is 28.1 Å². The molecule has 1 aromatic carbocycles. The van der Waals surface area contributed by atoms with Gasteiger partial charge < -0.3 is 29.6 Å². The number of nitrogens with zero attached hydrogens (tertiary/aromatic N) is 3. The van der Waals surface area contributed by atoms with Crippen LogP contribution in [0.3, 0.4) is 0 Å². The average Bonchev–Trinajstić information content (AvgIpc) is 3.48. The third-order valence-electron chi connectivity index (χ3n) is 5.60. The number of hydrogen-bond donors (Lipinski definition) is 3. The summed E-state index contributed by atoms with van der Waals surface area (Å²) < 4.78 is 12.1. The van der Waals surface area contributed by atoms with E-state index in [0.29, 0.717) is 29.4 Å². The number of aliphatic hydroxyl groups excluding tert-OH is 2. The molecule has 5 rings (SSSR count). The maximum atomic E-state index is 9.29. The minimum absolute atomic E-state index is 0.127. The zero-order valence-corrected chi connectivity index (χ0v) is 16.8. The molecule has 2 fully saturated rings. The summed E-state index contributed by atoms with van der Waals surface area (Å²) in [6.07, 6.45) is 4.15. The number of benzene rings is 1. The van der Waals surface area contributed by atoms with Crippen molar-refractivity contribution in [3.8, 4) is 16.3 Å². The zero-order chi connectivity index (χ0) is 19.8. The van der Waals surface area contributed by atoms with Crippen LogP contribution >= 0.6 is 11.3 Å². The molecule has 4 heterocycles. The molecule has 0 saturated carbocycles. The molecule has 9 heteroatoms. The van der Waals surface area contributed by atoms with E-state index in [4.69, 9.17) is 14.1 Å². The molecule has 3 aromatic rings. The summed E-state index contributed by atoms with van der Waals surface area (Å²) in [5, 5.41) is 25.0. The Hall–Kier alpha value is -2.20. The van der Waals surface area contributed by atoms with Crippen molar-refractivity contribution in [2.24, 2.45) is 5.92 Å². The summed E-state index contributed by atoms with van der Waals surface area (Å²) in [6, 6.07) is 5.37. The lowest BCUT2D eigenvalue weighted by molar-refractivity contribution is 0.106. The third-order valence-corrected chi connectivity index (χ3v) is 6.41. The first kappa shape index (κ1) is 18.8. The van der Waals surface area contributed by atoms with Gasteiger partial charge >= 0.3 is 0 Å². The van der Waals surface area contributed by atoms with E-state index in [2.05, 4.69) is 15.2 Å². The van der Waals surface area contributed by atoms with Crippen LogP contribution in [0.25, 0.3) is 21.7 Å². The van der Waals surface area contributed by atoms with Gasteiger partial charge in [-0.25, -0.2) is 4.98 Å². The van der Waals surface area contributed by atoms with E-state index in [1.165, 1.54) is 24.2 Å². The van der Waals surface area contributed by atoms with Crippen LogP contribution < -0.4 is 15.0 Å². The number of aliphatic hydroxyl groups is 2. The second-order valence-corrected chi connectivity index (χ2v) is 8.63. The number of piperazine rings is 1. The normalized spacial score (nSPS) is 21.4. The van der Waals surface area contributed by atoms with Gasteiger partial charge in [0.25, 0.3) is 6.01 Å². The molecule has 8 nitrogen and oxygen atoms in total. The maximum absolute atomic E-state index is 9.29. The molecule has 154 valence electrons. The van der Waals surface area contributed by atoms with Crippen LogP contribution in [-0.2, 0) is 0 Å². The van der Waals surface area contributed by atoms with E-state index < -0.39 is 0 Å². The largest absolute Gasteiger partial charge is 0.493 e. The molecular formula is C20H24N4O4S. The van der Waals surface area contributed by atoms with Crippen molar-refractivity contribution < 1.29 is 19.4 Å². The first-order valence-electron chi connectivity index (χ1n) is 9.93. The monoisotopic (exact) mass is 416 g/mol. The molecule has 0 amide bonds. The first-order chi connectivity index (χ1) is 14.2. The minimum atomic E-state index is -0.321. The Labute approximate surface area is 172 Å². The van der Waals surface area contributed by atoms with Crippen molar-refractivity contribution in [3.63, 3.8) is 0 Å². The summed E-state index contributed by atoms with van der Waals surface area (Å²) in [6.45, 7) is 1.76. The Kier molecular flexibility index (Phi) is 5.13. The van der Waals surface area contributed by atoms with Gasteiger partial charge in [0.05, 0.1) is 25.4 Å². The number of oxazole rings is 1. The number of fused-ring (bicyclic) bond motifs is 3. The van der Waals surface area contributed by atoms with Crippen LogP contribution in [0.4, 0.5) is 6.01 Å². The van der Waals surface area contributed by atoms with E-state index in [1.807, 2.05) is 17.5 Å². The topological polar surface area (TPSA) is 104 Å². The Balaban J connectivity index is 1.50. The quantitative estimate of drug-likeness (QED) is 0.536. The van der Waals surface area contributed by atoms with Gasteiger partial charge in [-0.1, -0.05) is 0 Å². The summed E-state index contributed by atoms with van der Waals surface area (Å²) in [7, 11) is 0. The molecule has 29 heavy (non-hydrogen) atoms. The fraction of sp³-hybridized carbons (Fsp3) is 0.500. The summed E-state index contributed by atoms with van der Waals surface area (Å²) in [4.78, 5) is 11.4. The molecule has 0 aliphatic carbocycles. The molecule has 2 atom stereocenters. The predicted molar refractivity (Wildman–Crippen MR) is 110 cm³/mol. The molecule has 2 bridgehead atoms. The van der Waals surface area contributed by atoms with Crippen molar-refractivity contribution in [2.75, 3.05) is 37.8 Å². The molecule has 2 unspecified atom stereocenters. The molecule has 0 spiro atoms. The molecule has 0 radical (unpaired) electrons. The van der Waals surface area contributed by atoms with Crippen LogP contribution in [0.2, 0.25) is 0 Å². The number of hydrogen-bond acceptors (Lipinski definition) is 9. The Morgan fingerprint density at radius 3 is 2.72 bits per heavy atom. The first-order valence-corrected chi connectivity index (χ1v) is 10.8. The predicted octanol–water partition coefficient (Wildman–Crippen LogP) is 1.87. The standard InChI is InChI=1S/C20H24N4O4S/c25-9-12(10-26)11-27-15-5-16(19-21-3-4-29-19)18-17(6-15)23-20(28-18)24-7-13-1-2-14(8-24)22-13/h3-6,12-14,22,25-26H,1-2,7-11H2. The highest BCUT2D eigenvalue weighted by molar-refractivity contribution is 7.13. The van der Waals surface area contributed by atoms with Crippen molar-refractivity contribution in [1.82, 2.24) is 15.3 Å². The molecule has 2 aromatic heterocycles. The van der Waals surface area contributed by atoms with E-state index in [9.17, 15) is 10.2 Å². The van der Waals surface area contributed by atoms with Crippen molar-refractivity contribution in [2.45, 2.75) is 24.9 Å². The van der Waals surface area contributed by atoms with Crippen LogP contribution in [0, 0.1) is 5.92 Å². The summed E-state index contributed by atoms with van der Waals surface area (Å²) >= 11 is 1.53. The second-order valence-electron chi connectivity index (χ2n) is 7.74. The van der Waals surface area contributed by atoms with Gasteiger partial charge in [0.15, 0.2) is 5.58 Å². The fourth-order valence-corrected chi connectivity index (χ4v) is 4.71. The average molecular weight is 417 g/mol. The lowest BCUT2D eigenvalue weighted by Crippen LogP contribution is -2.51.